The Morgan fingerprint density at radius 1 is 0.895 bits per heavy atom. The number of hydrogen-bond donors (Lipinski definition) is 1. The summed E-state index contributed by atoms with van der Waals surface area (Å²) in [5.74, 6) is 0.406. The molecule has 96 valence electrons. The number of hydrogen-bond acceptors (Lipinski definition) is 1. The van der Waals surface area contributed by atoms with E-state index < -0.39 is 5.60 Å². The molecule has 3 rings (SSSR count). The van der Waals surface area contributed by atoms with Gasteiger partial charge in [-0.05, 0) is 17.0 Å². The Morgan fingerprint density at radius 3 is 2.11 bits per heavy atom. The van der Waals surface area contributed by atoms with E-state index in [1.54, 1.807) is 0 Å². The van der Waals surface area contributed by atoms with Crippen LogP contribution in [0, 0.1) is 5.92 Å². The predicted molar refractivity (Wildman–Crippen MR) is 77.8 cm³/mol. The number of allylic oxidation sites excluding steroid dienone is 1. The Balaban J connectivity index is 2.08. The highest BCUT2D eigenvalue weighted by molar-refractivity contribution is 5.40. The summed E-state index contributed by atoms with van der Waals surface area (Å²) in [6, 6.07) is 20.2. The lowest BCUT2D eigenvalue weighted by Gasteiger charge is -2.32. The van der Waals surface area contributed by atoms with Crippen LogP contribution in [-0.4, -0.2) is 5.11 Å². The average Bonchev–Trinajstić information content (AvgIpc) is 2.78. The summed E-state index contributed by atoms with van der Waals surface area (Å²) >= 11 is 0. The lowest BCUT2D eigenvalue weighted by Crippen LogP contribution is -2.30. The van der Waals surface area contributed by atoms with Gasteiger partial charge in [-0.25, -0.2) is 0 Å². The number of benzene rings is 2. The van der Waals surface area contributed by atoms with Crippen molar-refractivity contribution in [3.8, 4) is 0 Å². The highest BCUT2D eigenvalue weighted by atomic mass is 16.3. The maximum Gasteiger partial charge on any atom is 0.115 e. The van der Waals surface area contributed by atoms with Crippen LogP contribution >= 0.6 is 0 Å². The standard InChI is InChI=1S/C18H18O/c1-14-12-13-18(19,16-10-6-3-7-11-16)17(14)15-8-4-2-5-9-15/h2-14,17,19H,1H3/t14-,17-,18-/m1/s1. The van der Waals surface area contributed by atoms with Gasteiger partial charge in [-0.15, -0.1) is 0 Å². The first-order valence-corrected chi connectivity index (χ1v) is 6.74. The van der Waals surface area contributed by atoms with Crippen LogP contribution in [-0.2, 0) is 5.60 Å². The SMILES string of the molecule is C[C@@H]1C=C[C@@](O)(c2ccccc2)[C@H]1c1ccccc1. The van der Waals surface area contributed by atoms with Crippen LogP contribution in [0.2, 0.25) is 0 Å². The van der Waals surface area contributed by atoms with Crippen LogP contribution in [0.3, 0.4) is 0 Å². The van der Waals surface area contributed by atoms with Crippen molar-refractivity contribution >= 4 is 0 Å². The third-order valence-corrected chi connectivity index (χ3v) is 4.05. The van der Waals surface area contributed by atoms with Gasteiger partial charge in [0.15, 0.2) is 0 Å². The molecule has 0 unspecified atom stereocenters. The summed E-state index contributed by atoms with van der Waals surface area (Å²) in [6.45, 7) is 2.16. The minimum atomic E-state index is -0.901. The van der Waals surface area contributed by atoms with E-state index in [1.165, 1.54) is 5.56 Å². The summed E-state index contributed by atoms with van der Waals surface area (Å²) in [6.07, 6.45) is 4.06. The van der Waals surface area contributed by atoms with Gasteiger partial charge in [0.2, 0.25) is 0 Å². The molecule has 0 aromatic heterocycles. The Bertz CT molecular complexity index is 573. The Hall–Kier alpha value is -1.86. The molecule has 1 heteroatoms. The lowest BCUT2D eigenvalue weighted by atomic mass is 9.76. The molecule has 0 fully saturated rings. The largest absolute Gasteiger partial charge is 0.380 e. The zero-order valence-electron chi connectivity index (χ0n) is 11.0. The molecule has 0 heterocycles. The molecule has 0 radical (unpaired) electrons. The third-order valence-electron chi connectivity index (χ3n) is 4.05. The molecule has 0 aliphatic heterocycles. The second-order valence-electron chi connectivity index (χ2n) is 5.30. The molecule has 1 N–H and O–H groups in total. The van der Waals surface area contributed by atoms with Gasteiger partial charge in [-0.2, -0.15) is 0 Å². The van der Waals surface area contributed by atoms with Gasteiger partial charge in [-0.1, -0.05) is 79.7 Å². The van der Waals surface area contributed by atoms with E-state index in [0.717, 1.165) is 5.56 Å². The van der Waals surface area contributed by atoms with Crippen LogP contribution < -0.4 is 0 Å². The summed E-state index contributed by atoms with van der Waals surface area (Å²) in [7, 11) is 0. The summed E-state index contributed by atoms with van der Waals surface area (Å²) in [5, 5.41) is 11.2. The van der Waals surface area contributed by atoms with Crippen molar-refractivity contribution in [1.82, 2.24) is 0 Å². The molecular weight excluding hydrogens is 232 g/mol. The average molecular weight is 250 g/mol. The smallest absolute Gasteiger partial charge is 0.115 e. The zero-order valence-corrected chi connectivity index (χ0v) is 11.0. The van der Waals surface area contributed by atoms with E-state index in [4.69, 9.17) is 0 Å². The quantitative estimate of drug-likeness (QED) is 0.802. The van der Waals surface area contributed by atoms with Gasteiger partial charge >= 0.3 is 0 Å². The summed E-state index contributed by atoms with van der Waals surface area (Å²) < 4.78 is 0. The van der Waals surface area contributed by atoms with Gasteiger partial charge in [0.25, 0.3) is 0 Å². The van der Waals surface area contributed by atoms with Gasteiger partial charge < -0.3 is 5.11 Å². The second kappa shape index (κ2) is 4.67. The van der Waals surface area contributed by atoms with Gasteiger partial charge in [0, 0.05) is 5.92 Å². The van der Waals surface area contributed by atoms with Crippen LogP contribution in [0.1, 0.15) is 24.0 Å². The predicted octanol–water partition coefficient (Wildman–Crippen LogP) is 3.86. The van der Waals surface area contributed by atoms with Gasteiger partial charge in [-0.3, -0.25) is 0 Å². The maximum atomic E-state index is 11.2. The second-order valence-corrected chi connectivity index (χ2v) is 5.30. The van der Waals surface area contributed by atoms with Crippen molar-refractivity contribution in [2.45, 2.75) is 18.4 Å². The van der Waals surface area contributed by atoms with Crippen molar-refractivity contribution in [1.29, 1.82) is 0 Å². The third kappa shape index (κ3) is 2.00. The minimum Gasteiger partial charge on any atom is -0.380 e. The molecule has 0 saturated heterocycles. The highest BCUT2D eigenvalue weighted by Gasteiger charge is 2.43. The van der Waals surface area contributed by atoms with E-state index in [2.05, 4.69) is 25.1 Å². The zero-order chi connectivity index (χ0) is 13.3. The van der Waals surface area contributed by atoms with Gasteiger partial charge in [0.05, 0.1) is 0 Å². The van der Waals surface area contributed by atoms with Crippen molar-refractivity contribution in [2.75, 3.05) is 0 Å². The van der Waals surface area contributed by atoms with E-state index in [9.17, 15) is 5.11 Å². The van der Waals surface area contributed by atoms with Gasteiger partial charge in [0.1, 0.15) is 5.60 Å². The molecule has 19 heavy (non-hydrogen) atoms. The molecule has 1 aliphatic carbocycles. The molecule has 1 aliphatic rings. The van der Waals surface area contributed by atoms with Crippen LogP contribution in [0.5, 0.6) is 0 Å². The van der Waals surface area contributed by atoms with Crippen LogP contribution in [0.25, 0.3) is 0 Å². The van der Waals surface area contributed by atoms with Crippen molar-refractivity contribution in [3.05, 3.63) is 83.9 Å². The summed E-state index contributed by atoms with van der Waals surface area (Å²) in [4.78, 5) is 0. The van der Waals surface area contributed by atoms with E-state index >= 15 is 0 Å². The van der Waals surface area contributed by atoms with E-state index in [0.29, 0.717) is 5.92 Å². The van der Waals surface area contributed by atoms with Crippen LogP contribution in [0.15, 0.2) is 72.8 Å². The minimum absolute atomic E-state index is 0.0797. The highest BCUT2D eigenvalue weighted by Crippen LogP contribution is 2.47. The lowest BCUT2D eigenvalue weighted by molar-refractivity contribution is 0.0572. The molecule has 1 nitrogen and oxygen atoms in total. The molecule has 2 aromatic carbocycles. The molecule has 0 amide bonds. The fourth-order valence-electron chi connectivity index (χ4n) is 3.11. The van der Waals surface area contributed by atoms with Crippen molar-refractivity contribution in [2.24, 2.45) is 5.92 Å². The first-order chi connectivity index (χ1) is 9.22. The Morgan fingerprint density at radius 2 is 1.47 bits per heavy atom. The van der Waals surface area contributed by atoms with Crippen molar-refractivity contribution in [3.63, 3.8) is 0 Å². The molecule has 0 spiro atoms. The molecule has 3 atom stereocenters. The first-order valence-electron chi connectivity index (χ1n) is 6.74. The molecule has 0 saturated carbocycles. The molecule has 2 aromatic rings. The maximum absolute atomic E-state index is 11.2. The van der Waals surface area contributed by atoms with E-state index in [1.807, 2.05) is 54.6 Å². The monoisotopic (exact) mass is 250 g/mol. The fraction of sp³-hybridized carbons (Fsp3) is 0.222. The fourth-order valence-corrected chi connectivity index (χ4v) is 3.11. The summed E-state index contributed by atoms with van der Waals surface area (Å²) in [5.41, 5.74) is 1.25. The van der Waals surface area contributed by atoms with E-state index in [-0.39, 0.29) is 5.92 Å². The van der Waals surface area contributed by atoms with Crippen molar-refractivity contribution < 1.29 is 5.11 Å². The molecular formula is C18H18O. The Labute approximate surface area is 114 Å². The van der Waals surface area contributed by atoms with Crippen LogP contribution in [0.4, 0.5) is 0 Å². The first kappa shape index (κ1) is 12.2. The topological polar surface area (TPSA) is 20.2 Å². The number of aliphatic hydroxyl groups is 1. The molecule has 0 bridgehead atoms. The number of rotatable bonds is 2. The Kier molecular flexibility index (Phi) is 3.00. The normalized spacial score (nSPS) is 29.6.